The number of aryl methyl sites for hydroxylation is 1. The molecule has 144 valence electrons. The number of aromatic nitrogens is 1. The topological polar surface area (TPSA) is 73.8 Å². The molecule has 2 aliphatic rings. The first-order chi connectivity index (χ1) is 12.8. The zero-order valence-electron chi connectivity index (χ0n) is 15.3. The minimum Gasteiger partial charge on any atom is -0.308 e. The second-order valence-corrected chi connectivity index (χ2v) is 10.3. The summed E-state index contributed by atoms with van der Waals surface area (Å²) in [7, 11) is -1.60. The summed E-state index contributed by atoms with van der Waals surface area (Å²) >= 11 is 1.26. The number of anilines is 1. The number of hydrogen-bond donors (Lipinski definition) is 0. The summed E-state index contributed by atoms with van der Waals surface area (Å²) in [6.07, 6.45) is 4.04. The average Bonchev–Trinajstić information content (AvgIpc) is 3.27. The fraction of sp³-hybridized carbons (Fsp3) is 0.444. The van der Waals surface area contributed by atoms with E-state index in [2.05, 4.69) is 4.98 Å². The van der Waals surface area contributed by atoms with Gasteiger partial charge in [0.25, 0.3) is 10.0 Å². The summed E-state index contributed by atoms with van der Waals surface area (Å²) < 4.78 is 28.2. The van der Waals surface area contributed by atoms with Crippen LogP contribution in [0.1, 0.15) is 12.0 Å². The maximum absolute atomic E-state index is 13.1. The molecule has 0 aliphatic carbocycles. The summed E-state index contributed by atoms with van der Waals surface area (Å²) in [5.41, 5.74) is 1.15. The van der Waals surface area contributed by atoms with E-state index in [0.717, 1.165) is 11.3 Å². The van der Waals surface area contributed by atoms with Crippen LogP contribution in [0.25, 0.3) is 0 Å². The van der Waals surface area contributed by atoms with Gasteiger partial charge in [-0.15, -0.1) is 11.3 Å². The molecule has 1 amide bonds. The first kappa shape index (κ1) is 18.5. The molecule has 2 fully saturated rings. The zero-order chi connectivity index (χ0) is 19.2. The highest BCUT2D eigenvalue weighted by molar-refractivity contribution is 7.91. The molecule has 2 aromatic rings. The minimum absolute atomic E-state index is 0.00605. The normalized spacial score (nSPS) is 24.8. The van der Waals surface area contributed by atoms with Crippen LogP contribution in [0.3, 0.4) is 0 Å². The Morgan fingerprint density at radius 3 is 2.74 bits per heavy atom. The van der Waals surface area contributed by atoms with E-state index in [9.17, 15) is 13.2 Å². The van der Waals surface area contributed by atoms with Gasteiger partial charge in [0.15, 0.2) is 0 Å². The number of pyridine rings is 1. The van der Waals surface area contributed by atoms with Gasteiger partial charge in [0.2, 0.25) is 5.91 Å². The van der Waals surface area contributed by atoms with Crippen LogP contribution in [0, 0.1) is 6.92 Å². The van der Waals surface area contributed by atoms with E-state index in [-0.39, 0.29) is 18.0 Å². The van der Waals surface area contributed by atoms with Crippen LogP contribution in [0.5, 0.6) is 0 Å². The van der Waals surface area contributed by atoms with E-state index >= 15 is 0 Å². The van der Waals surface area contributed by atoms with Crippen LogP contribution in [-0.2, 0) is 14.8 Å². The van der Waals surface area contributed by atoms with Gasteiger partial charge in [-0.25, -0.2) is 8.42 Å². The molecule has 27 heavy (non-hydrogen) atoms. The Hall–Kier alpha value is -1.81. The molecule has 1 unspecified atom stereocenters. The first-order valence-electron chi connectivity index (χ1n) is 8.79. The molecule has 1 spiro atoms. The van der Waals surface area contributed by atoms with Gasteiger partial charge in [-0.3, -0.25) is 14.7 Å². The largest absolute Gasteiger partial charge is 0.308 e. The standard InChI is InChI=1S/C18H22N4O3S2/c1-14-5-9-26-17(14)27(24,25)21-8-6-18(12-21)13-22(16(23)11-20(18)2)15-4-3-7-19-10-15/h3-5,7,9-10H,6,8,11-13H2,1-2H3. The van der Waals surface area contributed by atoms with Gasteiger partial charge in [0.1, 0.15) is 4.21 Å². The van der Waals surface area contributed by atoms with Crippen molar-refractivity contribution in [3.8, 4) is 0 Å². The van der Waals surface area contributed by atoms with Crippen molar-refractivity contribution >= 4 is 33.0 Å². The predicted molar refractivity (Wildman–Crippen MR) is 104 cm³/mol. The molecule has 4 heterocycles. The number of nitrogens with zero attached hydrogens (tertiary/aromatic N) is 4. The van der Waals surface area contributed by atoms with Gasteiger partial charge in [0, 0.05) is 25.8 Å². The van der Waals surface area contributed by atoms with Gasteiger partial charge in [-0.05, 0) is 49.5 Å². The average molecular weight is 407 g/mol. The minimum atomic E-state index is -3.51. The molecule has 2 aromatic heterocycles. The highest BCUT2D eigenvalue weighted by Gasteiger charge is 2.50. The van der Waals surface area contributed by atoms with E-state index in [0.29, 0.717) is 30.3 Å². The number of hydrogen-bond acceptors (Lipinski definition) is 6. The fourth-order valence-corrected chi connectivity index (χ4v) is 6.98. The third-order valence-electron chi connectivity index (χ3n) is 5.58. The van der Waals surface area contributed by atoms with Crippen LogP contribution < -0.4 is 4.90 Å². The van der Waals surface area contributed by atoms with Crippen LogP contribution in [-0.4, -0.2) is 67.3 Å². The summed E-state index contributed by atoms with van der Waals surface area (Å²) in [6, 6.07) is 5.50. The van der Waals surface area contributed by atoms with Gasteiger partial charge in [-0.1, -0.05) is 0 Å². The van der Waals surface area contributed by atoms with E-state index in [1.165, 1.54) is 11.3 Å². The maximum atomic E-state index is 13.1. The third-order valence-corrected chi connectivity index (χ3v) is 9.09. The summed E-state index contributed by atoms with van der Waals surface area (Å²) in [6.45, 7) is 3.39. The second kappa shape index (κ2) is 6.66. The molecule has 9 heteroatoms. The highest BCUT2D eigenvalue weighted by Crippen LogP contribution is 2.37. The Bertz CT molecular complexity index is 960. The van der Waals surface area contributed by atoms with E-state index in [1.807, 2.05) is 36.4 Å². The highest BCUT2D eigenvalue weighted by atomic mass is 32.2. The van der Waals surface area contributed by atoms with Gasteiger partial charge < -0.3 is 4.90 Å². The molecule has 0 saturated carbocycles. The predicted octanol–water partition coefficient (Wildman–Crippen LogP) is 1.56. The lowest BCUT2D eigenvalue weighted by Gasteiger charge is -2.46. The summed E-state index contributed by atoms with van der Waals surface area (Å²) in [5.74, 6) is 0.00605. The number of carbonyl (C=O) groups excluding carboxylic acids is 1. The lowest BCUT2D eigenvalue weighted by Crippen LogP contribution is -2.64. The van der Waals surface area contributed by atoms with E-state index in [1.54, 1.807) is 27.7 Å². The van der Waals surface area contributed by atoms with Crippen molar-refractivity contribution in [3.05, 3.63) is 41.5 Å². The van der Waals surface area contributed by atoms with Gasteiger partial charge in [0.05, 0.1) is 24.0 Å². The molecule has 0 aromatic carbocycles. The molecule has 1 atom stereocenters. The zero-order valence-corrected chi connectivity index (χ0v) is 17.0. The number of amides is 1. The molecule has 0 bridgehead atoms. The Morgan fingerprint density at radius 1 is 1.26 bits per heavy atom. The van der Waals surface area contributed by atoms with Crippen molar-refractivity contribution in [2.24, 2.45) is 0 Å². The van der Waals surface area contributed by atoms with Crippen molar-refractivity contribution in [1.29, 1.82) is 0 Å². The fourth-order valence-electron chi connectivity index (χ4n) is 3.91. The third kappa shape index (κ3) is 3.08. The van der Waals surface area contributed by atoms with Crippen molar-refractivity contribution in [3.63, 3.8) is 0 Å². The van der Waals surface area contributed by atoms with Crippen LogP contribution in [0.4, 0.5) is 5.69 Å². The smallest absolute Gasteiger partial charge is 0.252 e. The quantitative estimate of drug-likeness (QED) is 0.774. The van der Waals surface area contributed by atoms with Crippen molar-refractivity contribution in [2.45, 2.75) is 23.1 Å². The number of sulfonamides is 1. The lowest BCUT2D eigenvalue weighted by molar-refractivity contribution is -0.123. The van der Waals surface area contributed by atoms with Gasteiger partial charge in [-0.2, -0.15) is 4.31 Å². The van der Waals surface area contributed by atoms with Crippen molar-refractivity contribution in [1.82, 2.24) is 14.2 Å². The second-order valence-electron chi connectivity index (χ2n) is 7.25. The summed E-state index contributed by atoms with van der Waals surface area (Å²) in [4.78, 5) is 20.4. The molecule has 0 radical (unpaired) electrons. The summed E-state index contributed by atoms with van der Waals surface area (Å²) in [5, 5.41) is 1.81. The maximum Gasteiger partial charge on any atom is 0.252 e. The molecule has 2 aliphatic heterocycles. The number of piperazine rings is 1. The Labute approximate surface area is 163 Å². The Kier molecular flexibility index (Phi) is 4.58. The monoisotopic (exact) mass is 406 g/mol. The van der Waals surface area contributed by atoms with E-state index in [4.69, 9.17) is 0 Å². The van der Waals surface area contributed by atoms with Crippen LogP contribution >= 0.6 is 11.3 Å². The number of rotatable bonds is 3. The van der Waals surface area contributed by atoms with E-state index < -0.39 is 10.0 Å². The van der Waals surface area contributed by atoms with Crippen molar-refractivity contribution in [2.75, 3.05) is 38.1 Å². The molecule has 7 nitrogen and oxygen atoms in total. The molecular weight excluding hydrogens is 384 g/mol. The molecule has 2 saturated heterocycles. The molecule has 4 rings (SSSR count). The van der Waals surface area contributed by atoms with Gasteiger partial charge >= 0.3 is 0 Å². The molecular formula is C18H22N4O3S2. The van der Waals surface area contributed by atoms with Crippen LogP contribution in [0.15, 0.2) is 40.2 Å². The SMILES string of the molecule is Cc1ccsc1S(=O)(=O)N1CCC2(CN(c3cccnc3)C(=O)CN2C)C1. The lowest BCUT2D eigenvalue weighted by atomic mass is 9.93. The number of thiophene rings is 1. The molecule has 0 N–H and O–H groups in total. The first-order valence-corrected chi connectivity index (χ1v) is 11.1. The number of likely N-dealkylation sites (N-methyl/N-ethyl adjacent to an activating group) is 1. The number of carbonyl (C=O) groups is 1. The van der Waals surface area contributed by atoms with Crippen LogP contribution in [0.2, 0.25) is 0 Å². The Balaban J connectivity index is 1.62. The Morgan fingerprint density at radius 2 is 2.07 bits per heavy atom. The van der Waals surface area contributed by atoms with Crippen molar-refractivity contribution < 1.29 is 13.2 Å².